The van der Waals surface area contributed by atoms with Crippen molar-refractivity contribution in [2.75, 3.05) is 31.1 Å². The number of halogens is 1. The van der Waals surface area contributed by atoms with E-state index in [9.17, 15) is 0 Å². The monoisotopic (exact) mass is 283 g/mol. The minimum atomic E-state index is 0. The molecule has 96 valence electrons. The normalized spacial score (nSPS) is 15.2. The van der Waals surface area contributed by atoms with E-state index in [2.05, 4.69) is 25.2 Å². The predicted octanol–water partition coefficient (Wildman–Crippen LogP) is 1.43. The van der Waals surface area contributed by atoms with Crippen molar-refractivity contribution in [3.05, 3.63) is 24.1 Å². The maximum Gasteiger partial charge on any atom is 0.156 e. The molecule has 0 atom stereocenters. The minimum absolute atomic E-state index is 0. The Morgan fingerprint density at radius 1 is 1.17 bits per heavy atom. The second-order valence-corrected chi connectivity index (χ2v) is 4.72. The van der Waals surface area contributed by atoms with E-state index < -0.39 is 0 Å². The topological polar surface area (TPSA) is 53.9 Å². The molecule has 2 aromatic rings. The number of nitrogens with one attached hydrogen (secondary N) is 1. The van der Waals surface area contributed by atoms with E-state index in [1.807, 2.05) is 11.7 Å². The summed E-state index contributed by atoms with van der Waals surface area (Å²) in [6, 6.07) is 0. The lowest BCUT2D eigenvalue weighted by molar-refractivity contribution is 0.585. The smallest absolute Gasteiger partial charge is 0.156 e. The lowest BCUT2D eigenvalue weighted by atomic mass is 10.3. The van der Waals surface area contributed by atoms with Gasteiger partial charge in [0.05, 0.1) is 10.4 Å². The van der Waals surface area contributed by atoms with Crippen molar-refractivity contribution in [3.63, 3.8) is 0 Å². The first kappa shape index (κ1) is 13.2. The number of piperazine rings is 1. The molecule has 0 spiro atoms. The van der Waals surface area contributed by atoms with Gasteiger partial charge in [0, 0.05) is 44.8 Å². The molecule has 0 radical (unpaired) electrons. The Morgan fingerprint density at radius 3 is 2.67 bits per heavy atom. The molecular formula is C11H14ClN5S. The van der Waals surface area contributed by atoms with Gasteiger partial charge in [0.15, 0.2) is 5.82 Å². The van der Waals surface area contributed by atoms with Crippen molar-refractivity contribution in [2.45, 2.75) is 0 Å². The fraction of sp³-hybridized carbons (Fsp3) is 0.364. The first-order valence-electron chi connectivity index (χ1n) is 5.61. The predicted molar refractivity (Wildman–Crippen MR) is 75.5 cm³/mol. The second kappa shape index (κ2) is 6.08. The van der Waals surface area contributed by atoms with Crippen LogP contribution < -0.4 is 10.2 Å². The van der Waals surface area contributed by atoms with Crippen LogP contribution in [0.25, 0.3) is 10.6 Å². The molecule has 18 heavy (non-hydrogen) atoms. The van der Waals surface area contributed by atoms with Gasteiger partial charge in [-0.15, -0.1) is 23.7 Å². The lowest BCUT2D eigenvalue weighted by Gasteiger charge is -2.29. The van der Waals surface area contributed by atoms with E-state index in [1.54, 1.807) is 23.7 Å². The summed E-state index contributed by atoms with van der Waals surface area (Å²) in [6.07, 6.45) is 5.34. The molecule has 0 aliphatic carbocycles. The molecule has 0 aromatic carbocycles. The first-order valence-corrected chi connectivity index (χ1v) is 6.48. The quantitative estimate of drug-likeness (QED) is 0.904. The fourth-order valence-corrected chi connectivity index (χ4v) is 2.56. The molecule has 1 aliphatic heterocycles. The van der Waals surface area contributed by atoms with Gasteiger partial charge in [0.25, 0.3) is 0 Å². The third-order valence-corrected chi connectivity index (χ3v) is 3.54. The summed E-state index contributed by atoms with van der Waals surface area (Å²) in [5.74, 6) is 0.971. The van der Waals surface area contributed by atoms with Crippen LogP contribution in [0.5, 0.6) is 0 Å². The molecule has 5 nitrogen and oxygen atoms in total. The molecule has 0 amide bonds. The zero-order chi connectivity index (χ0) is 11.5. The van der Waals surface area contributed by atoms with Gasteiger partial charge in [-0.2, -0.15) is 0 Å². The van der Waals surface area contributed by atoms with E-state index >= 15 is 0 Å². The summed E-state index contributed by atoms with van der Waals surface area (Å²) < 4.78 is 0. The summed E-state index contributed by atoms with van der Waals surface area (Å²) in [5.41, 5.74) is 2.77. The molecule has 7 heteroatoms. The number of rotatable bonds is 2. The van der Waals surface area contributed by atoms with Crippen molar-refractivity contribution in [1.29, 1.82) is 0 Å². The number of hydrogen-bond acceptors (Lipinski definition) is 6. The number of hydrogen-bond donors (Lipinski definition) is 1. The summed E-state index contributed by atoms with van der Waals surface area (Å²) in [6.45, 7) is 3.95. The number of thiazole rings is 1. The standard InChI is InChI=1S/C11H13N5S.ClH/c1-2-15-11(16-5-3-12-4-6-16)10(14-1)9-7-13-8-17-9;/h1-2,7-8,12H,3-6H2;1H. The van der Waals surface area contributed by atoms with E-state index in [0.717, 1.165) is 42.6 Å². The SMILES string of the molecule is Cl.c1cnc(N2CCNCC2)c(-c2cncs2)n1. The maximum atomic E-state index is 4.47. The molecule has 2 aromatic heterocycles. The Kier molecular flexibility index (Phi) is 4.46. The van der Waals surface area contributed by atoms with Gasteiger partial charge in [0.1, 0.15) is 5.69 Å². The van der Waals surface area contributed by atoms with Crippen molar-refractivity contribution >= 4 is 29.6 Å². The molecule has 0 bridgehead atoms. The summed E-state index contributed by atoms with van der Waals surface area (Å²) in [7, 11) is 0. The molecule has 3 rings (SSSR count). The Labute approximate surface area is 116 Å². The van der Waals surface area contributed by atoms with Crippen LogP contribution in [0.2, 0.25) is 0 Å². The Morgan fingerprint density at radius 2 is 1.94 bits per heavy atom. The molecule has 1 N–H and O–H groups in total. The zero-order valence-electron chi connectivity index (χ0n) is 9.74. The van der Waals surface area contributed by atoms with E-state index in [1.165, 1.54) is 0 Å². The Balaban J connectivity index is 0.00000120. The third kappa shape index (κ3) is 2.60. The largest absolute Gasteiger partial charge is 0.352 e. The molecule has 1 aliphatic rings. The highest BCUT2D eigenvalue weighted by molar-refractivity contribution is 7.13. The van der Waals surface area contributed by atoms with Crippen LogP contribution in [0.1, 0.15) is 0 Å². The van der Waals surface area contributed by atoms with Crippen LogP contribution in [0.15, 0.2) is 24.1 Å². The molecule has 0 unspecified atom stereocenters. The first-order chi connectivity index (χ1) is 8.45. The summed E-state index contributed by atoms with van der Waals surface area (Å²) >= 11 is 1.60. The second-order valence-electron chi connectivity index (χ2n) is 3.83. The van der Waals surface area contributed by atoms with Crippen molar-refractivity contribution in [2.24, 2.45) is 0 Å². The van der Waals surface area contributed by atoms with Gasteiger partial charge >= 0.3 is 0 Å². The van der Waals surface area contributed by atoms with E-state index in [-0.39, 0.29) is 12.4 Å². The van der Waals surface area contributed by atoms with Gasteiger partial charge in [-0.1, -0.05) is 0 Å². The van der Waals surface area contributed by atoms with Gasteiger partial charge < -0.3 is 10.2 Å². The van der Waals surface area contributed by atoms with Gasteiger partial charge in [-0.3, -0.25) is 4.98 Å². The molecule has 0 saturated carbocycles. The molecule has 1 saturated heterocycles. The van der Waals surface area contributed by atoms with Crippen molar-refractivity contribution in [3.8, 4) is 10.6 Å². The molecule has 1 fully saturated rings. The summed E-state index contributed by atoms with van der Waals surface area (Å²) in [4.78, 5) is 16.4. The van der Waals surface area contributed by atoms with Crippen LogP contribution in [-0.2, 0) is 0 Å². The Hall–Kier alpha value is -1.24. The van der Waals surface area contributed by atoms with Gasteiger partial charge in [0.2, 0.25) is 0 Å². The zero-order valence-corrected chi connectivity index (χ0v) is 11.4. The number of anilines is 1. The third-order valence-electron chi connectivity index (χ3n) is 2.76. The van der Waals surface area contributed by atoms with Crippen molar-refractivity contribution < 1.29 is 0 Å². The number of aromatic nitrogens is 3. The van der Waals surface area contributed by atoms with Crippen LogP contribution in [-0.4, -0.2) is 41.1 Å². The van der Waals surface area contributed by atoms with Crippen LogP contribution in [0, 0.1) is 0 Å². The van der Waals surface area contributed by atoms with Crippen LogP contribution in [0.3, 0.4) is 0 Å². The maximum absolute atomic E-state index is 4.47. The van der Waals surface area contributed by atoms with Crippen molar-refractivity contribution in [1.82, 2.24) is 20.3 Å². The number of nitrogens with zero attached hydrogens (tertiary/aromatic N) is 4. The Bertz CT molecular complexity index is 484. The van der Waals surface area contributed by atoms with E-state index in [4.69, 9.17) is 0 Å². The van der Waals surface area contributed by atoms with Gasteiger partial charge in [-0.05, 0) is 0 Å². The fourth-order valence-electron chi connectivity index (χ4n) is 1.95. The highest BCUT2D eigenvalue weighted by Gasteiger charge is 2.17. The molecular weight excluding hydrogens is 270 g/mol. The highest BCUT2D eigenvalue weighted by Crippen LogP contribution is 2.29. The van der Waals surface area contributed by atoms with Gasteiger partial charge in [-0.25, -0.2) is 9.97 Å². The van der Waals surface area contributed by atoms with E-state index in [0.29, 0.717) is 0 Å². The lowest BCUT2D eigenvalue weighted by Crippen LogP contribution is -2.44. The average Bonchev–Trinajstić information content (AvgIpc) is 2.94. The van der Waals surface area contributed by atoms with Crippen LogP contribution >= 0.6 is 23.7 Å². The van der Waals surface area contributed by atoms with Crippen LogP contribution in [0.4, 0.5) is 5.82 Å². The highest BCUT2D eigenvalue weighted by atomic mass is 35.5. The summed E-state index contributed by atoms with van der Waals surface area (Å²) in [5, 5.41) is 3.34. The minimum Gasteiger partial charge on any atom is -0.352 e. The molecule has 3 heterocycles. The average molecular weight is 284 g/mol.